The minimum Gasteiger partial charge on any atom is -0.467 e. The first-order chi connectivity index (χ1) is 7.31. The number of rotatable bonds is 2. The second-order valence-corrected chi connectivity index (χ2v) is 4.35. The highest BCUT2D eigenvalue weighted by molar-refractivity contribution is 5.85. The molecular weight excluding hydrogens is 230 g/mol. The van der Waals surface area contributed by atoms with E-state index in [1.54, 1.807) is 0 Å². The summed E-state index contributed by atoms with van der Waals surface area (Å²) in [5, 5.41) is 3.34. The highest BCUT2D eigenvalue weighted by atomic mass is 35.5. The van der Waals surface area contributed by atoms with Crippen LogP contribution in [0, 0.1) is 5.92 Å². The molecular formula is C11H20ClNO3. The van der Waals surface area contributed by atoms with E-state index in [2.05, 4.69) is 5.32 Å². The summed E-state index contributed by atoms with van der Waals surface area (Å²) in [6, 6.07) is 0. The van der Waals surface area contributed by atoms with E-state index < -0.39 is 0 Å². The van der Waals surface area contributed by atoms with Crippen molar-refractivity contribution in [2.75, 3.05) is 20.2 Å². The number of ether oxygens (including phenoxy) is 2. The molecule has 0 spiro atoms. The molecule has 2 aliphatic heterocycles. The molecule has 0 unspecified atom stereocenters. The summed E-state index contributed by atoms with van der Waals surface area (Å²) in [4.78, 5) is 11.3. The number of carbonyl (C=O) groups is 1. The normalized spacial score (nSPS) is 30.8. The first-order valence-corrected chi connectivity index (χ1v) is 5.75. The first-order valence-electron chi connectivity index (χ1n) is 5.75. The standard InChI is InChI=1S/C11H19NO3.ClH/c1-14-11(13)10-3-2-9(15-10)8-4-6-12-7-5-8;/h8-10,12H,2-7H2,1H3;1H/t9-,10+;/m1./s1. The van der Waals surface area contributed by atoms with E-state index in [-0.39, 0.29) is 30.6 Å². The van der Waals surface area contributed by atoms with Crippen molar-refractivity contribution in [2.24, 2.45) is 5.92 Å². The van der Waals surface area contributed by atoms with E-state index in [0.717, 1.165) is 25.9 Å². The van der Waals surface area contributed by atoms with E-state index in [1.807, 2.05) is 0 Å². The van der Waals surface area contributed by atoms with Crippen LogP contribution in [0.2, 0.25) is 0 Å². The molecule has 2 aliphatic rings. The topological polar surface area (TPSA) is 47.6 Å². The largest absolute Gasteiger partial charge is 0.467 e. The number of nitrogens with one attached hydrogen (secondary N) is 1. The predicted molar refractivity (Wildman–Crippen MR) is 62.8 cm³/mol. The maximum Gasteiger partial charge on any atom is 0.334 e. The molecule has 0 amide bonds. The van der Waals surface area contributed by atoms with Gasteiger partial charge in [-0.15, -0.1) is 12.4 Å². The van der Waals surface area contributed by atoms with Crippen LogP contribution in [0.1, 0.15) is 25.7 Å². The molecule has 5 heteroatoms. The first kappa shape index (κ1) is 13.7. The molecule has 0 bridgehead atoms. The van der Waals surface area contributed by atoms with Gasteiger partial charge in [-0.2, -0.15) is 0 Å². The van der Waals surface area contributed by atoms with Crippen LogP contribution in [0.5, 0.6) is 0 Å². The average Bonchev–Trinajstić information content (AvgIpc) is 2.78. The zero-order chi connectivity index (χ0) is 10.7. The molecule has 4 nitrogen and oxygen atoms in total. The summed E-state index contributed by atoms with van der Waals surface area (Å²) in [6.45, 7) is 2.15. The lowest BCUT2D eigenvalue weighted by molar-refractivity contribution is -0.154. The van der Waals surface area contributed by atoms with Crippen LogP contribution in [0.4, 0.5) is 0 Å². The Kier molecular flexibility index (Phi) is 5.52. The zero-order valence-electron chi connectivity index (χ0n) is 9.61. The molecule has 2 saturated heterocycles. The Morgan fingerprint density at radius 2 is 1.94 bits per heavy atom. The van der Waals surface area contributed by atoms with Gasteiger partial charge in [-0.05, 0) is 44.7 Å². The Balaban J connectivity index is 0.00000128. The monoisotopic (exact) mass is 249 g/mol. The Hall–Kier alpha value is -0.320. The fraction of sp³-hybridized carbons (Fsp3) is 0.909. The van der Waals surface area contributed by atoms with Gasteiger partial charge in [-0.25, -0.2) is 4.79 Å². The van der Waals surface area contributed by atoms with Crippen LogP contribution in [-0.2, 0) is 14.3 Å². The summed E-state index contributed by atoms with van der Waals surface area (Å²) in [6.07, 6.45) is 4.12. The maximum absolute atomic E-state index is 11.3. The fourth-order valence-corrected chi connectivity index (χ4v) is 2.53. The molecule has 0 radical (unpaired) electrons. The summed E-state index contributed by atoms with van der Waals surface area (Å²) < 4.78 is 10.4. The van der Waals surface area contributed by atoms with Crippen molar-refractivity contribution in [3.05, 3.63) is 0 Å². The molecule has 0 aromatic heterocycles. The lowest BCUT2D eigenvalue weighted by Gasteiger charge is -2.27. The quantitative estimate of drug-likeness (QED) is 0.746. The van der Waals surface area contributed by atoms with Crippen molar-refractivity contribution in [1.29, 1.82) is 0 Å². The van der Waals surface area contributed by atoms with Crippen molar-refractivity contribution in [3.63, 3.8) is 0 Å². The number of carbonyl (C=O) groups excluding carboxylic acids is 1. The SMILES string of the molecule is COC(=O)[C@@H]1CC[C@H](C2CCNCC2)O1.Cl. The van der Waals surface area contributed by atoms with Crippen LogP contribution in [-0.4, -0.2) is 38.4 Å². The van der Waals surface area contributed by atoms with Crippen LogP contribution in [0.15, 0.2) is 0 Å². The Morgan fingerprint density at radius 1 is 1.25 bits per heavy atom. The van der Waals surface area contributed by atoms with Gasteiger partial charge in [0.25, 0.3) is 0 Å². The minimum absolute atomic E-state index is 0. The molecule has 16 heavy (non-hydrogen) atoms. The number of methoxy groups -OCH3 is 1. The number of hydrogen-bond acceptors (Lipinski definition) is 4. The molecule has 0 saturated carbocycles. The van der Waals surface area contributed by atoms with Crippen LogP contribution in [0.25, 0.3) is 0 Å². The molecule has 2 atom stereocenters. The number of esters is 1. The maximum atomic E-state index is 11.3. The number of piperidine rings is 1. The Bertz CT molecular complexity index is 231. The van der Waals surface area contributed by atoms with Crippen molar-refractivity contribution in [3.8, 4) is 0 Å². The van der Waals surface area contributed by atoms with E-state index in [4.69, 9.17) is 9.47 Å². The lowest BCUT2D eigenvalue weighted by atomic mass is 9.91. The van der Waals surface area contributed by atoms with Crippen molar-refractivity contribution in [2.45, 2.75) is 37.9 Å². The van der Waals surface area contributed by atoms with Crippen LogP contribution < -0.4 is 5.32 Å². The average molecular weight is 250 g/mol. The molecule has 94 valence electrons. The smallest absolute Gasteiger partial charge is 0.334 e. The van der Waals surface area contributed by atoms with Crippen LogP contribution >= 0.6 is 12.4 Å². The number of halogens is 1. The minimum atomic E-state index is -0.310. The Labute approximate surface area is 102 Å². The van der Waals surface area contributed by atoms with Gasteiger partial charge >= 0.3 is 5.97 Å². The van der Waals surface area contributed by atoms with Gasteiger partial charge < -0.3 is 14.8 Å². The van der Waals surface area contributed by atoms with Gasteiger partial charge in [0.2, 0.25) is 0 Å². The van der Waals surface area contributed by atoms with Crippen molar-refractivity contribution >= 4 is 18.4 Å². The third-order valence-corrected chi connectivity index (χ3v) is 3.43. The van der Waals surface area contributed by atoms with Gasteiger partial charge in [-0.1, -0.05) is 0 Å². The van der Waals surface area contributed by atoms with Gasteiger partial charge in [0.15, 0.2) is 6.10 Å². The van der Waals surface area contributed by atoms with Crippen molar-refractivity contribution < 1.29 is 14.3 Å². The van der Waals surface area contributed by atoms with E-state index in [9.17, 15) is 4.79 Å². The van der Waals surface area contributed by atoms with E-state index in [1.165, 1.54) is 20.0 Å². The zero-order valence-corrected chi connectivity index (χ0v) is 10.4. The van der Waals surface area contributed by atoms with E-state index >= 15 is 0 Å². The predicted octanol–water partition coefficient (Wildman–Crippen LogP) is 1.13. The summed E-state index contributed by atoms with van der Waals surface area (Å²) >= 11 is 0. The summed E-state index contributed by atoms with van der Waals surface area (Å²) in [7, 11) is 1.42. The third-order valence-electron chi connectivity index (χ3n) is 3.43. The summed E-state index contributed by atoms with van der Waals surface area (Å²) in [5.41, 5.74) is 0. The molecule has 2 heterocycles. The third kappa shape index (κ3) is 3.09. The second-order valence-electron chi connectivity index (χ2n) is 4.35. The molecule has 0 aromatic carbocycles. The van der Waals surface area contributed by atoms with Crippen molar-refractivity contribution in [1.82, 2.24) is 5.32 Å². The lowest BCUT2D eigenvalue weighted by Crippen LogP contribution is -2.34. The molecule has 0 aliphatic carbocycles. The molecule has 0 aromatic rings. The highest BCUT2D eigenvalue weighted by Gasteiger charge is 2.35. The fourth-order valence-electron chi connectivity index (χ4n) is 2.53. The number of hydrogen-bond donors (Lipinski definition) is 1. The van der Waals surface area contributed by atoms with Gasteiger partial charge in [0.05, 0.1) is 13.2 Å². The Morgan fingerprint density at radius 3 is 2.56 bits per heavy atom. The summed E-state index contributed by atoms with van der Waals surface area (Å²) in [5.74, 6) is 0.410. The van der Waals surface area contributed by atoms with E-state index in [0.29, 0.717) is 5.92 Å². The molecule has 2 fully saturated rings. The second kappa shape index (κ2) is 6.42. The van der Waals surface area contributed by atoms with Crippen LogP contribution in [0.3, 0.4) is 0 Å². The highest BCUT2D eigenvalue weighted by Crippen LogP contribution is 2.30. The molecule has 2 rings (SSSR count). The van der Waals surface area contributed by atoms with Gasteiger partial charge in [-0.3, -0.25) is 0 Å². The molecule has 1 N–H and O–H groups in total. The van der Waals surface area contributed by atoms with Gasteiger partial charge in [0.1, 0.15) is 0 Å². The van der Waals surface area contributed by atoms with Gasteiger partial charge in [0, 0.05) is 0 Å².